The van der Waals surface area contributed by atoms with E-state index >= 15 is 0 Å². The molecule has 1 saturated heterocycles. The van der Waals surface area contributed by atoms with Crippen LogP contribution in [0, 0.1) is 0 Å². The summed E-state index contributed by atoms with van der Waals surface area (Å²) < 4.78 is 4.13. The maximum atomic E-state index is 11.2. The Morgan fingerprint density at radius 1 is 1.33 bits per heavy atom. The van der Waals surface area contributed by atoms with Gasteiger partial charge < -0.3 is 9.40 Å². The zero-order valence-electron chi connectivity index (χ0n) is 10.0. The second kappa shape index (κ2) is 6.18. The van der Waals surface area contributed by atoms with Crippen molar-refractivity contribution in [1.29, 1.82) is 0 Å². The summed E-state index contributed by atoms with van der Waals surface area (Å²) in [5.41, 5.74) is 1.58. The van der Waals surface area contributed by atoms with Crippen LogP contribution in [0.1, 0.15) is 28.8 Å². The fraction of sp³-hybridized carbons (Fsp3) is 0.462. The number of halogens is 1. The Morgan fingerprint density at radius 3 is 2.50 bits per heavy atom. The smallest absolute Gasteiger partial charge is 0.356 e. The van der Waals surface area contributed by atoms with E-state index in [9.17, 15) is 9.90 Å². The van der Waals surface area contributed by atoms with Gasteiger partial charge in [0.25, 0.3) is 0 Å². The van der Waals surface area contributed by atoms with Crippen LogP contribution >= 0.6 is 11.9 Å². The number of carbonyl (C=O) groups excluding carboxylic acids is 1. The summed E-state index contributed by atoms with van der Waals surface area (Å²) in [6, 6.07) is 7.21. The summed E-state index contributed by atoms with van der Waals surface area (Å²) in [7, 11) is 0. The molecule has 0 unspecified atom stereocenters. The Bertz CT molecular complexity index is 399. The highest BCUT2D eigenvalue weighted by atomic mass is 35.5. The minimum Gasteiger partial charge on any atom is -0.393 e. The van der Waals surface area contributed by atoms with Crippen LogP contribution in [0.3, 0.4) is 0 Å². The number of aliphatic hydroxyl groups excluding tert-OH is 1. The second-order valence-corrected chi connectivity index (χ2v) is 4.72. The first-order valence-corrected chi connectivity index (χ1v) is 6.32. The molecule has 18 heavy (non-hydrogen) atoms. The number of aliphatic hydroxyl groups is 1. The summed E-state index contributed by atoms with van der Waals surface area (Å²) in [4.78, 5) is 13.5. The van der Waals surface area contributed by atoms with Crippen molar-refractivity contribution >= 4 is 17.8 Å². The number of hydrogen-bond acceptors (Lipinski definition) is 4. The average Bonchev–Trinajstić information content (AvgIpc) is 2.41. The molecule has 1 aliphatic heterocycles. The first-order chi connectivity index (χ1) is 8.69. The van der Waals surface area contributed by atoms with Crippen molar-refractivity contribution in [2.75, 3.05) is 13.1 Å². The van der Waals surface area contributed by atoms with Gasteiger partial charge in [-0.1, -0.05) is 12.1 Å². The predicted octanol–water partition coefficient (Wildman–Crippen LogP) is 1.95. The summed E-state index contributed by atoms with van der Waals surface area (Å²) >= 11 is 5.01. The zero-order valence-corrected chi connectivity index (χ0v) is 10.8. The molecule has 0 amide bonds. The van der Waals surface area contributed by atoms with E-state index in [-0.39, 0.29) is 6.10 Å². The lowest BCUT2D eigenvalue weighted by Crippen LogP contribution is -2.35. The highest BCUT2D eigenvalue weighted by Crippen LogP contribution is 2.14. The molecule has 4 nitrogen and oxygen atoms in total. The van der Waals surface area contributed by atoms with Gasteiger partial charge in [0.1, 0.15) is 11.9 Å². The lowest BCUT2D eigenvalue weighted by molar-refractivity contribution is 0.0749. The molecule has 0 spiro atoms. The van der Waals surface area contributed by atoms with Crippen molar-refractivity contribution in [2.45, 2.75) is 25.5 Å². The Morgan fingerprint density at radius 2 is 1.94 bits per heavy atom. The average molecular weight is 270 g/mol. The largest absolute Gasteiger partial charge is 0.393 e. The summed E-state index contributed by atoms with van der Waals surface area (Å²) in [5, 5.41) is 9.43. The van der Waals surface area contributed by atoms with Gasteiger partial charge in [-0.05, 0) is 30.5 Å². The SMILES string of the molecule is O=C(OCl)c1ccc(CN2CCC(O)CC2)cc1. The van der Waals surface area contributed by atoms with E-state index < -0.39 is 5.97 Å². The van der Waals surface area contributed by atoms with Gasteiger partial charge in [0.05, 0.1) is 11.7 Å². The van der Waals surface area contributed by atoms with Crippen LogP contribution in [-0.4, -0.2) is 35.2 Å². The van der Waals surface area contributed by atoms with Crippen molar-refractivity contribution in [3.8, 4) is 0 Å². The molecule has 1 N–H and O–H groups in total. The van der Waals surface area contributed by atoms with Gasteiger partial charge in [0.2, 0.25) is 0 Å². The quantitative estimate of drug-likeness (QED) is 0.911. The van der Waals surface area contributed by atoms with Crippen LogP contribution in [0.5, 0.6) is 0 Å². The van der Waals surface area contributed by atoms with E-state index in [1.54, 1.807) is 12.1 Å². The lowest BCUT2D eigenvalue weighted by atomic mass is 10.1. The summed E-state index contributed by atoms with van der Waals surface area (Å²) in [6.45, 7) is 2.65. The number of hydrogen-bond donors (Lipinski definition) is 1. The number of likely N-dealkylation sites (tertiary alicyclic amines) is 1. The molecule has 1 heterocycles. The summed E-state index contributed by atoms with van der Waals surface area (Å²) in [6.07, 6.45) is 1.51. The monoisotopic (exact) mass is 269 g/mol. The topological polar surface area (TPSA) is 49.8 Å². The maximum absolute atomic E-state index is 11.2. The third kappa shape index (κ3) is 3.45. The van der Waals surface area contributed by atoms with Crippen LogP contribution in [0.15, 0.2) is 24.3 Å². The molecule has 1 aromatic rings. The third-order valence-corrected chi connectivity index (χ3v) is 3.36. The number of rotatable bonds is 3. The van der Waals surface area contributed by atoms with E-state index in [2.05, 4.69) is 9.19 Å². The van der Waals surface area contributed by atoms with Crippen LogP contribution in [0.2, 0.25) is 0 Å². The van der Waals surface area contributed by atoms with Crippen molar-refractivity contribution in [3.05, 3.63) is 35.4 Å². The normalized spacial score (nSPS) is 17.7. The van der Waals surface area contributed by atoms with Crippen molar-refractivity contribution in [3.63, 3.8) is 0 Å². The van der Waals surface area contributed by atoms with Crippen molar-refractivity contribution < 1.29 is 14.2 Å². The highest BCUT2D eigenvalue weighted by Gasteiger charge is 2.16. The van der Waals surface area contributed by atoms with Crippen LogP contribution < -0.4 is 0 Å². The Hall–Kier alpha value is -1.10. The van der Waals surface area contributed by atoms with Gasteiger partial charge in [-0.15, -0.1) is 0 Å². The fourth-order valence-corrected chi connectivity index (χ4v) is 2.22. The van der Waals surface area contributed by atoms with Gasteiger partial charge in [0, 0.05) is 19.6 Å². The summed E-state index contributed by atoms with van der Waals surface area (Å²) in [5.74, 6) is -0.538. The fourth-order valence-electron chi connectivity index (χ4n) is 2.13. The molecule has 5 heteroatoms. The maximum Gasteiger partial charge on any atom is 0.356 e. The number of benzene rings is 1. The van der Waals surface area contributed by atoms with Gasteiger partial charge in [0.15, 0.2) is 0 Å². The van der Waals surface area contributed by atoms with Crippen molar-refractivity contribution in [1.82, 2.24) is 4.90 Å². The Kier molecular flexibility index (Phi) is 4.58. The number of nitrogens with zero attached hydrogens (tertiary/aromatic N) is 1. The second-order valence-electron chi connectivity index (χ2n) is 4.57. The van der Waals surface area contributed by atoms with E-state index in [0.29, 0.717) is 5.56 Å². The molecule has 0 radical (unpaired) electrons. The molecular formula is C13H16ClNO3. The molecule has 0 atom stereocenters. The van der Waals surface area contributed by atoms with Crippen molar-refractivity contribution in [2.24, 2.45) is 0 Å². The van der Waals surface area contributed by atoms with Crippen LogP contribution in [0.25, 0.3) is 0 Å². The standard InChI is InChI=1S/C13H16ClNO3/c14-18-13(17)11-3-1-10(2-4-11)9-15-7-5-12(16)6-8-15/h1-4,12,16H,5-9H2. The zero-order chi connectivity index (χ0) is 13.0. The molecule has 1 aliphatic rings. The van der Waals surface area contributed by atoms with Crippen LogP contribution in [0.4, 0.5) is 0 Å². The van der Waals surface area contributed by atoms with E-state index in [0.717, 1.165) is 38.0 Å². The molecule has 98 valence electrons. The van der Waals surface area contributed by atoms with Gasteiger partial charge >= 0.3 is 5.97 Å². The van der Waals surface area contributed by atoms with Crippen LogP contribution in [-0.2, 0) is 10.8 Å². The molecule has 0 saturated carbocycles. The molecule has 0 aliphatic carbocycles. The predicted molar refractivity (Wildman–Crippen MR) is 68.2 cm³/mol. The van der Waals surface area contributed by atoms with E-state index in [1.807, 2.05) is 12.1 Å². The van der Waals surface area contributed by atoms with Gasteiger partial charge in [-0.3, -0.25) is 4.90 Å². The minimum absolute atomic E-state index is 0.151. The molecule has 0 aromatic heterocycles. The number of carbonyl (C=O) groups is 1. The molecule has 1 fully saturated rings. The Labute approximate surface area is 111 Å². The first kappa shape index (κ1) is 13.3. The van der Waals surface area contributed by atoms with Gasteiger partial charge in [-0.2, -0.15) is 0 Å². The highest BCUT2D eigenvalue weighted by molar-refractivity contribution is 6.15. The first-order valence-electron chi connectivity index (χ1n) is 6.01. The van der Waals surface area contributed by atoms with E-state index in [1.165, 1.54) is 0 Å². The molecule has 2 rings (SSSR count). The number of piperidine rings is 1. The van der Waals surface area contributed by atoms with Gasteiger partial charge in [-0.25, -0.2) is 4.79 Å². The Balaban J connectivity index is 1.92. The molecular weight excluding hydrogens is 254 g/mol. The molecule has 0 bridgehead atoms. The minimum atomic E-state index is -0.538. The lowest BCUT2D eigenvalue weighted by Gasteiger charge is -2.29. The van der Waals surface area contributed by atoms with E-state index in [4.69, 9.17) is 11.9 Å². The molecule has 1 aromatic carbocycles. The third-order valence-electron chi connectivity index (χ3n) is 3.22.